The van der Waals surface area contributed by atoms with Gasteiger partial charge in [-0.05, 0) is 57.5 Å². The van der Waals surface area contributed by atoms with Gasteiger partial charge in [0.05, 0.1) is 22.6 Å². The first-order valence-electron chi connectivity index (χ1n) is 12.7. The van der Waals surface area contributed by atoms with Gasteiger partial charge >= 0.3 is 5.69 Å². The number of rotatable bonds is 4. The number of aromatic nitrogens is 4. The van der Waals surface area contributed by atoms with Gasteiger partial charge in [-0.3, -0.25) is 14.5 Å². The number of piperazine rings is 1. The van der Waals surface area contributed by atoms with E-state index in [-0.39, 0.29) is 17.0 Å². The number of hydrogen-bond acceptors (Lipinski definition) is 6. The third-order valence-electron chi connectivity index (χ3n) is 7.18. The summed E-state index contributed by atoms with van der Waals surface area (Å²) in [5.41, 5.74) is 4.89. The van der Waals surface area contributed by atoms with Crippen molar-refractivity contribution in [1.29, 1.82) is 0 Å². The van der Waals surface area contributed by atoms with Crippen LogP contribution in [0.4, 0.5) is 5.69 Å². The Bertz CT molecular complexity index is 1540. The summed E-state index contributed by atoms with van der Waals surface area (Å²) in [6, 6.07) is 9.28. The lowest BCUT2D eigenvalue weighted by Crippen LogP contribution is -2.53. The van der Waals surface area contributed by atoms with Gasteiger partial charge in [-0.25, -0.2) is 9.78 Å². The van der Waals surface area contributed by atoms with Crippen LogP contribution in [0.5, 0.6) is 5.75 Å². The summed E-state index contributed by atoms with van der Waals surface area (Å²) in [7, 11) is 1.69. The van der Waals surface area contributed by atoms with Crippen LogP contribution in [-0.2, 0) is 7.05 Å². The normalized spacial score (nSPS) is 14.7. The highest BCUT2D eigenvalue weighted by Crippen LogP contribution is 2.39. The second-order valence-electron chi connectivity index (χ2n) is 10.8. The molecule has 1 aliphatic rings. The van der Waals surface area contributed by atoms with Crippen LogP contribution in [0, 0.1) is 6.92 Å². The van der Waals surface area contributed by atoms with Gasteiger partial charge in [0.25, 0.3) is 0 Å². The second kappa shape index (κ2) is 9.93. The Balaban J connectivity index is 1.47. The Kier molecular flexibility index (Phi) is 6.79. The molecule has 0 radical (unpaired) electrons. The van der Waals surface area contributed by atoms with Crippen molar-refractivity contribution in [3.8, 4) is 33.8 Å². The molecule has 0 unspecified atom stereocenters. The first-order chi connectivity index (χ1) is 18.0. The monoisotopic (exact) mass is 532 g/mol. The first kappa shape index (κ1) is 26.0. The molecule has 0 spiro atoms. The van der Waals surface area contributed by atoms with Gasteiger partial charge in [-0.15, -0.1) is 0 Å². The van der Waals surface area contributed by atoms with Crippen LogP contribution in [-0.4, -0.2) is 60.8 Å². The topological polar surface area (TPSA) is 79.4 Å². The zero-order valence-electron chi connectivity index (χ0n) is 22.4. The van der Waals surface area contributed by atoms with E-state index in [9.17, 15) is 9.90 Å². The van der Waals surface area contributed by atoms with Crippen LogP contribution in [0.3, 0.4) is 0 Å². The molecule has 1 aliphatic heterocycles. The van der Waals surface area contributed by atoms with E-state index in [1.54, 1.807) is 37.8 Å². The summed E-state index contributed by atoms with van der Waals surface area (Å²) < 4.78 is 2.98. The molecule has 4 aromatic rings. The van der Waals surface area contributed by atoms with Gasteiger partial charge in [0.1, 0.15) is 11.4 Å². The number of aromatic hydroxyl groups is 1. The first-order valence-corrected chi connectivity index (χ1v) is 13.1. The van der Waals surface area contributed by atoms with Crippen molar-refractivity contribution >= 4 is 17.3 Å². The van der Waals surface area contributed by atoms with Crippen LogP contribution in [0.15, 0.2) is 59.9 Å². The van der Waals surface area contributed by atoms with Gasteiger partial charge in [0, 0.05) is 74.2 Å². The number of benzene rings is 1. The molecule has 1 fully saturated rings. The number of pyridine rings is 2. The van der Waals surface area contributed by atoms with Crippen molar-refractivity contribution in [2.24, 2.45) is 7.05 Å². The fraction of sp³-hybridized carbons (Fsp3) is 0.345. The van der Waals surface area contributed by atoms with Gasteiger partial charge in [-0.1, -0.05) is 17.7 Å². The second-order valence-corrected chi connectivity index (χ2v) is 11.2. The molecule has 8 nitrogen and oxygen atoms in total. The molecule has 3 aromatic heterocycles. The highest BCUT2D eigenvalue weighted by atomic mass is 35.5. The van der Waals surface area contributed by atoms with E-state index >= 15 is 0 Å². The molecule has 1 N–H and O–H groups in total. The smallest absolute Gasteiger partial charge is 0.332 e. The van der Waals surface area contributed by atoms with E-state index in [0.29, 0.717) is 22.0 Å². The number of hydrogen-bond donors (Lipinski definition) is 1. The third-order valence-corrected chi connectivity index (χ3v) is 7.48. The van der Waals surface area contributed by atoms with E-state index in [2.05, 4.69) is 40.5 Å². The average Bonchev–Trinajstić information content (AvgIpc) is 3.22. The van der Waals surface area contributed by atoms with E-state index in [1.807, 2.05) is 31.3 Å². The van der Waals surface area contributed by atoms with Crippen molar-refractivity contribution < 1.29 is 5.11 Å². The molecule has 9 heteroatoms. The Morgan fingerprint density at radius 1 is 0.974 bits per heavy atom. The van der Waals surface area contributed by atoms with Crippen LogP contribution >= 0.6 is 11.6 Å². The van der Waals surface area contributed by atoms with Crippen LogP contribution in [0.2, 0.25) is 5.02 Å². The quantitative estimate of drug-likeness (QED) is 0.403. The maximum absolute atomic E-state index is 12.4. The minimum atomic E-state index is -0.184. The number of aryl methyl sites for hydroxylation is 2. The van der Waals surface area contributed by atoms with E-state index in [4.69, 9.17) is 11.6 Å². The Morgan fingerprint density at radius 2 is 1.71 bits per heavy atom. The summed E-state index contributed by atoms with van der Waals surface area (Å²) in [6.45, 7) is 12.4. The largest absolute Gasteiger partial charge is 0.505 e. The highest BCUT2D eigenvalue weighted by molar-refractivity contribution is 6.32. The lowest BCUT2D eigenvalue weighted by Gasteiger charge is -2.43. The molecule has 198 valence electrons. The molecule has 1 aromatic carbocycles. The van der Waals surface area contributed by atoms with E-state index in [1.165, 1.54) is 9.13 Å². The van der Waals surface area contributed by atoms with Crippen LogP contribution in [0.1, 0.15) is 26.5 Å². The van der Waals surface area contributed by atoms with Crippen molar-refractivity contribution in [1.82, 2.24) is 24.0 Å². The molecule has 5 rings (SSSR count). The van der Waals surface area contributed by atoms with Gasteiger partial charge in [0.15, 0.2) is 0 Å². The predicted octanol–water partition coefficient (Wildman–Crippen LogP) is 4.89. The minimum absolute atomic E-state index is 0.0628. The molecule has 0 atom stereocenters. The maximum Gasteiger partial charge on any atom is 0.332 e. The number of anilines is 1. The average molecular weight is 533 g/mol. The van der Waals surface area contributed by atoms with Crippen LogP contribution < -0.4 is 10.6 Å². The minimum Gasteiger partial charge on any atom is -0.505 e. The summed E-state index contributed by atoms with van der Waals surface area (Å²) in [5.74, 6) is 0.0628. The molecular formula is C29H33ClN6O2. The Labute approximate surface area is 227 Å². The standard InChI is InChI=1S/C29H33ClN6O2/c1-19-14-23(20-6-7-25(24(30)16-20)36-13-8-33(5)28(36)38)27(37)26(32-19)21-15-22(18-31-17-21)34-9-11-35(12-10-34)29(2,3)4/h6-8,13-18,37H,9-12H2,1-5H3. The zero-order valence-corrected chi connectivity index (χ0v) is 23.2. The fourth-order valence-electron chi connectivity index (χ4n) is 4.97. The summed E-state index contributed by atoms with van der Waals surface area (Å²) in [4.78, 5) is 26.4. The predicted molar refractivity (Wildman–Crippen MR) is 152 cm³/mol. The third kappa shape index (κ3) is 4.93. The van der Waals surface area contributed by atoms with Gasteiger partial charge in [0.2, 0.25) is 0 Å². The number of halogens is 1. The summed E-state index contributed by atoms with van der Waals surface area (Å²) in [6.07, 6.45) is 6.97. The maximum atomic E-state index is 12.4. The molecule has 0 bridgehead atoms. The zero-order chi connectivity index (χ0) is 27.2. The van der Waals surface area contributed by atoms with Gasteiger partial charge in [-0.2, -0.15) is 0 Å². The SMILES string of the molecule is Cc1cc(-c2ccc(-n3ccn(C)c3=O)c(Cl)c2)c(O)c(-c2cncc(N3CCN(C(C)(C)C)CC3)c2)n1. The van der Waals surface area contributed by atoms with Crippen molar-refractivity contribution in [3.63, 3.8) is 0 Å². The Hall–Kier alpha value is -3.62. The van der Waals surface area contributed by atoms with Crippen molar-refractivity contribution in [2.75, 3.05) is 31.1 Å². The Morgan fingerprint density at radius 3 is 2.34 bits per heavy atom. The number of nitrogens with zero attached hydrogens (tertiary/aromatic N) is 6. The van der Waals surface area contributed by atoms with E-state index < -0.39 is 0 Å². The lowest BCUT2D eigenvalue weighted by atomic mass is 10.0. The van der Waals surface area contributed by atoms with Gasteiger partial charge < -0.3 is 14.6 Å². The molecular weight excluding hydrogens is 500 g/mol. The lowest BCUT2D eigenvalue weighted by molar-refractivity contribution is 0.128. The summed E-state index contributed by atoms with van der Waals surface area (Å²) in [5, 5.41) is 11.8. The summed E-state index contributed by atoms with van der Waals surface area (Å²) >= 11 is 6.60. The van der Waals surface area contributed by atoms with Crippen LogP contribution in [0.25, 0.3) is 28.1 Å². The molecule has 4 heterocycles. The fourth-order valence-corrected chi connectivity index (χ4v) is 5.24. The molecule has 0 saturated carbocycles. The van der Waals surface area contributed by atoms with Crippen molar-refractivity contribution in [2.45, 2.75) is 33.2 Å². The molecule has 0 aliphatic carbocycles. The van der Waals surface area contributed by atoms with E-state index in [0.717, 1.165) is 48.7 Å². The number of imidazole rings is 1. The molecule has 0 amide bonds. The molecule has 38 heavy (non-hydrogen) atoms. The van der Waals surface area contributed by atoms with Crippen molar-refractivity contribution in [3.05, 3.63) is 76.3 Å². The molecule has 1 saturated heterocycles. The highest BCUT2D eigenvalue weighted by Gasteiger charge is 2.26.